The first-order valence-electron chi connectivity index (χ1n) is 18.0. The van der Waals surface area contributed by atoms with E-state index in [-0.39, 0.29) is 11.1 Å². The van der Waals surface area contributed by atoms with Crippen LogP contribution in [0.5, 0.6) is 11.5 Å². The maximum absolute atomic E-state index is 13.2. The monoisotopic (exact) mass is 784 g/mol. The number of aryl methyl sites for hydroxylation is 1. The molecule has 8 rings (SSSR count). The van der Waals surface area contributed by atoms with Gasteiger partial charge in [-0.25, -0.2) is 9.97 Å². The van der Waals surface area contributed by atoms with E-state index in [0.717, 1.165) is 97.8 Å². The van der Waals surface area contributed by atoms with Gasteiger partial charge in [0.25, 0.3) is 11.1 Å². The van der Waals surface area contributed by atoms with E-state index in [2.05, 4.69) is 25.9 Å². The lowest BCUT2D eigenvalue weighted by atomic mass is 10.00. The molecule has 0 spiro atoms. The number of ether oxygens (including phenoxy) is 4. The van der Waals surface area contributed by atoms with Crippen molar-refractivity contribution in [3.8, 4) is 11.5 Å². The third kappa shape index (κ3) is 7.83. The van der Waals surface area contributed by atoms with Crippen LogP contribution in [0.1, 0.15) is 71.7 Å². The molecule has 0 bridgehead atoms. The standard InChI is InChI=1S/C20H22BrN3O3.C20H23N3O3/c1-26-17-4-2-14(3-5-17)12-23-16(10-21)13-24-18(20(23)25)11-22-19(24)15-6-8-27-9-7-15;1-14-12-23-18(11-21-19(23)16-7-9-26-10-8-16)20(24)22(14)13-15-3-5-17(25-2)6-4-15/h2-5,11,13,15H,6-10,12H2,1H3;3-6,11-12,16H,7-10,13H2,1-2H3. The molecule has 278 valence electrons. The Kier molecular flexibility index (Phi) is 11.4. The summed E-state index contributed by atoms with van der Waals surface area (Å²) >= 11 is 3.54. The van der Waals surface area contributed by atoms with Crippen LogP contribution in [0.3, 0.4) is 0 Å². The van der Waals surface area contributed by atoms with Gasteiger partial charge in [-0.15, -0.1) is 0 Å². The predicted molar refractivity (Wildman–Crippen MR) is 206 cm³/mol. The van der Waals surface area contributed by atoms with Gasteiger partial charge >= 0.3 is 0 Å². The summed E-state index contributed by atoms with van der Waals surface area (Å²) in [6, 6.07) is 15.6. The first kappa shape index (κ1) is 36.6. The second kappa shape index (κ2) is 16.5. The first-order chi connectivity index (χ1) is 25.9. The zero-order valence-corrected chi connectivity index (χ0v) is 32.0. The average Bonchev–Trinajstić information content (AvgIpc) is 3.84. The molecule has 0 radical (unpaired) electrons. The second-order valence-corrected chi connectivity index (χ2v) is 14.1. The fourth-order valence-corrected chi connectivity index (χ4v) is 7.65. The lowest BCUT2D eigenvalue weighted by Crippen LogP contribution is -2.26. The Labute approximate surface area is 316 Å². The first-order valence-corrected chi connectivity index (χ1v) is 19.1. The number of benzene rings is 2. The van der Waals surface area contributed by atoms with Gasteiger partial charge in [0.15, 0.2) is 0 Å². The van der Waals surface area contributed by atoms with Gasteiger partial charge in [0.1, 0.15) is 34.2 Å². The minimum atomic E-state index is -0.0198. The van der Waals surface area contributed by atoms with Gasteiger partial charge in [-0.3, -0.25) is 18.4 Å². The minimum Gasteiger partial charge on any atom is -0.497 e. The molecule has 53 heavy (non-hydrogen) atoms. The van der Waals surface area contributed by atoms with Crippen LogP contribution in [0.2, 0.25) is 0 Å². The van der Waals surface area contributed by atoms with Crippen LogP contribution in [0.25, 0.3) is 11.0 Å². The van der Waals surface area contributed by atoms with Gasteiger partial charge in [-0.2, -0.15) is 0 Å². The number of hydrogen-bond acceptors (Lipinski definition) is 8. The summed E-state index contributed by atoms with van der Waals surface area (Å²) in [5.41, 5.74) is 5.18. The van der Waals surface area contributed by atoms with Crippen molar-refractivity contribution in [1.82, 2.24) is 27.9 Å². The van der Waals surface area contributed by atoms with E-state index in [1.807, 2.05) is 76.6 Å². The third-order valence-electron chi connectivity index (χ3n) is 10.3. The molecular formula is C40H45BrN6O6. The van der Waals surface area contributed by atoms with E-state index in [1.165, 1.54) is 0 Å². The zero-order valence-electron chi connectivity index (χ0n) is 30.4. The zero-order chi connectivity index (χ0) is 36.9. The van der Waals surface area contributed by atoms with E-state index in [4.69, 9.17) is 18.9 Å². The Balaban J connectivity index is 0.000000164. The molecule has 4 aromatic heterocycles. The van der Waals surface area contributed by atoms with E-state index < -0.39 is 0 Å². The highest BCUT2D eigenvalue weighted by Crippen LogP contribution is 2.28. The average molecular weight is 786 g/mol. The molecule has 2 fully saturated rings. The van der Waals surface area contributed by atoms with Crippen LogP contribution in [0.15, 0.2) is 82.9 Å². The molecule has 0 unspecified atom stereocenters. The summed E-state index contributed by atoms with van der Waals surface area (Å²) in [5, 5.41) is 0.597. The fourth-order valence-electron chi connectivity index (χ4n) is 7.20. The Morgan fingerprint density at radius 1 is 0.679 bits per heavy atom. The molecular weight excluding hydrogens is 740 g/mol. The van der Waals surface area contributed by atoms with E-state index in [1.54, 1.807) is 35.7 Å². The SMILES string of the molecule is COc1ccc(Cn2c(C)cn3c(C4CCOCC4)ncc3c2=O)cc1.COc1ccc(Cn2c(CBr)cn3c(C4CCOCC4)ncc3c2=O)cc1. The van der Waals surface area contributed by atoms with E-state index in [9.17, 15) is 9.59 Å². The molecule has 0 aliphatic carbocycles. The summed E-state index contributed by atoms with van der Waals surface area (Å²) in [6.45, 7) is 6.03. The lowest BCUT2D eigenvalue weighted by molar-refractivity contribution is 0.0834. The topological polar surface area (TPSA) is 116 Å². The van der Waals surface area contributed by atoms with Gasteiger partial charge in [0.05, 0.1) is 39.7 Å². The van der Waals surface area contributed by atoms with Gasteiger partial charge in [-0.05, 0) is 68.0 Å². The molecule has 0 amide bonds. The minimum absolute atomic E-state index is 0.00775. The number of halogens is 1. The second-order valence-electron chi connectivity index (χ2n) is 13.5. The van der Waals surface area contributed by atoms with Crippen LogP contribution in [0, 0.1) is 6.92 Å². The lowest BCUT2D eigenvalue weighted by Gasteiger charge is -2.21. The van der Waals surface area contributed by atoms with Crippen LogP contribution >= 0.6 is 15.9 Å². The number of fused-ring (bicyclic) bond motifs is 2. The number of rotatable bonds is 9. The molecule has 13 heteroatoms. The van der Waals surface area contributed by atoms with Crippen LogP contribution in [-0.2, 0) is 27.9 Å². The van der Waals surface area contributed by atoms with E-state index >= 15 is 0 Å². The van der Waals surface area contributed by atoms with Crippen molar-refractivity contribution in [1.29, 1.82) is 0 Å². The highest BCUT2D eigenvalue weighted by atomic mass is 79.9. The molecule has 2 saturated heterocycles. The van der Waals surface area contributed by atoms with Crippen molar-refractivity contribution in [2.45, 2.75) is 62.9 Å². The molecule has 12 nitrogen and oxygen atoms in total. The van der Waals surface area contributed by atoms with Gasteiger partial charge in [-0.1, -0.05) is 40.2 Å². The van der Waals surface area contributed by atoms with Gasteiger partial charge < -0.3 is 28.1 Å². The number of nitrogens with zero attached hydrogens (tertiary/aromatic N) is 6. The molecule has 6 heterocycles. The molecule has 0 saturated carbocycles. The summed E-state index contributed by atoms with van der Waals surface area (Å²) in [5.74, 6) is 4.23. The summed E-state index contributed by atoms with van der Waals surface area (Å²) in [7, 11) is 3.29. The molecule has 2 aliphatic rings. The molecule has 2 aromatic carbocycles. The molecule has 2 aliphatic heterocycles. The summed E-state index contributed by atoms with van der Waals surface area (Å²) < 4.78 is 28.9. The van der Waals surface area contributed by atoms with Gasteiger partial charge in [0, 0.05) is 67.4 Å². The predicted octanol–water partition coefficient (Wildman–Crippen LogP) is 6.10. The van der Waals surface area contributed by atoms with Crippen molar-refractivity contribution < 1.29 is 18.9 Å². The van der Waals surface area contributed by atoms with Crippen molar-refractivity contribution >= 4 is 27.0 Å². The van der Waals surface area contributed by atoms with Crippen molar-refractivity contribution in [3.63, 3.8) is 0 Å². The van der Waals surface area contributed by atoms with Crippen LogP contribution < -0.4 is 20.6 Å². The maximum atomic E-state index is 13.2. The Hall–Kier alpha value is -4.72. The quantitative estimate of drug-likeness (QED) is 0.162. The highest BCUT2D eigenvalue weighted by Gasteiger charge is 2.23. The largest absolute Gasteiger partial charge is 0.497 e. The number of imidazole rings is 2. The Bertz CT molecular complexity index is 2280. The summed E-state index contributed by atoms with van der Waals surface area (Å²) in [4.78, 5) is 35.3. The Morgan fingerprint density at radius 2 is 1.11 bits per heavy atom. The van der Waals surface area contributed by atoms with Crippen molar-refractivity contribution in [2.24, 2.45) is 0 Å². The molecule has 0 atom stereocenters. The number of hydrogen-bond donors (Lipinski definition) is 0. The normalized spacial score (nSPS) is 15.4. The highest BCUT2D eigenvalue weighted by molar-refractivity contribution is 9.08. The number of alkyl halides is 1. The molecule has 6 aromatic rings. The third-order valence-corrected chi connectivity index (χ3v) is 10.8. The smallest absolute Gasteiger partial charge is 0.277 e. The van der Waals surface area contributed by atoms with Crippen molar-refractivity contribution in [2.75, 3.05) is 40.6 Å². The number of aromatic nitrogens is 6. The van der Waals surface area contributed by atoms with Gasteiger partial charge in [0.2, 0.25) is 0 Å². The summed E-state index contributed by atoms with van der Waals surface area (Å²) in [6.07, 6.45) is 11.3. The van der Waals surface area contributed by atoms with Crippen molar-refractivity contribution in [3.05, 3.63) is 128 Å². The van der Waals surface area contributed by atoms with Crippen LogP contribution in [0.4, 0.5) is 0 Å². The number of methoxy groups -OCH3 is 2. The van der Waals surface area contributed by atoms with E-state index in [0.29, 0.717) is 41.3 Å². The Morgan fingerprint density at radius 3 is 1.57 bits per heavy atom. The van der Waals surface area contributed by atoms with Crippen LogP contribution in [-0.4, -0.2) is 68.6 Å². The maximum Gasteiger partial charge on any atom is 0.277 e. The fraction of sp³-hybridized carbons (Fsp3) is 0.400. The molecule has 0 N–H and O–H groups in total.